The van der Waals surface area contributed by atoms with E-state index >= 15 is 0 Å². The number of hydrogen-bond donors (Lipinski definition) is 0. The van der Waals surface area contributed by atoms with Crippen molar-refractivity contribution in [3.05, 3.63) is 105 Å². The number of carbonyl (C=O) groups excluding carboxylic acids is 2. The molecule has 35 heavy (non-hydrogen) atoms. The second-order valence-electron chi connectivity index (χ2n) is 8.18. The number of methoxy groups -OCH3 is 1. The van der Waals surface area contributed by atoms with E-state index in [1.165, 1.54) is 11.8 Å². The topological polar surface area (TPSA) is 68.2 Å². The van der Waals surface area contributed by atoms with Crippen LogP contribution in [0.1, 0.15) is 37.4 Å². The number of benzene rings is 4. The van der Waals surface area contributed by atoms with Gasteiger partial charge >= 0.3 is 0 Å². The van der Waals surface area contributed by atoms with Crippen molar-refractivity contribution in [2.75, 3.05) is 7.11 Å². The fraction of sp³-hybridized carbons (Fsp3) is 0.107. The number of carbonyl (C=O) groups is 2. The molecule has 7 heteroatoms. The molecule has 0 bridgehead atoms. The Balaban J connectivity index is 1.41. The summed E-state index contributed by atoms with van der Waals surface area (Å²) in [6.45, 7) is 2.42. The Morgan fingerprint density at radius 3 is 2.23 bits per heavy atom. The molecule has 1 heterocycles. The first-order valence-corrected chi connectivity index (χ1v) is 11.8. The highest BCUT2D eigenvalue weighted by atomic mass is 79.9. The molecule has 0 radical (unpaired) electrons. The summed E-state index contributed by atoms with van der Waals surface area (Å²) in [5.74, 6) is 0.134. The van der Waals surface area contributed by atoms with Gasteiger partial charge in [-0.3, -0.25) is 9.59 Å². The molecular weight excluding hydrogens is 508 g/mol. The smallest absolute Gasteiger partial charge is 0.282 e. The predicted octanol–water partition coefficient (Wildman–Crippen LogP) is 6.13. The number of halogens is 1. The Bertz CT molecular complexity index is 1440. The Labute approximate surface area is 210 Å². The molecule has 0 N–H and O–H groups in total. The zero-order chi connectivity index (χ0) is 24.5. The molecule has 6 nitrogen and oxygen atoms in total. The van der Waals surface area contributed by atoms with Gasteiger partial charge in [-0.05, 0) is 63.6 Å². The minimum Gasteiger partial charge on any atom is -0.493 e. The van der Waals surface area contributed by atoms with Crippen molar-refractivity contribution in [3.8, 4) is 11.5 Å². The van der Waals surface area contributed by atoms with E-state index in [2.05, 4.69) is 21.0 Å². The normalized spacial score (nSPS) is 13.1. The highest BCUT2D eigenvalue weighted by Gasteiger charge is 2.32. The summed E-state index contributed by atoms with van der Waals surface area (Å²) < 4.78 is 12.2. The molecule has 0 spiro atoms. The lowest BCUT2D eigenvalue weighted by molar-refractivity contribution is 0.0616. The molecule has 0 saturated carbocycles. The summed E-state index contributed by atoms with van der Waals surface area (Å²) in [5, 5.41) is 6.65. The van der Waals surface area contributed by atoms with Gasteiger partial charge in [-0.2, -0.15) is 10.1 Å². The Kier molecular flexibility index (Phi) is 6.09. The summed E-state index contributed by atoms with van der Waals surface area (Å²) in [7, 11) is 1.55. The number of rotatable bonds is 6. The lowest BCUT2D eigenvalue weighted by Crippen LogP contribution is -2.36. The van der Waals surface area contributed by atoms with Crippen LogP contribution in [-0.2, 0) is 6.61 Å². The number of hydrazone groups is 1. The first kappa shape index (κ1) is 22.8. The summed E-state index contributed by atoms with van der Waals surface area (Å²) in [4.78, 5) is 26.1. The molecule has 4 aromatic carbocycles. The van der Waals surface area contributed by atoms with Crippen LogP contribution in [0.15, 0.2) is 82.4 Å². The summed E-state index contributed by atoms with van der Waals surface area (Å²) in [5.41, 5.74) is 3.76. The van der Waals surface area contributed by atoms with E-state index in [0.717, 1.165) is 16.0 Å². The van der Waals surface area contributed by atoms with E-state index in [1.807, 2.05) is 43.3 Å². The Hall–Kier alpha value is -3.97. The minimum absolute atomic E-state index is 0.379. The molecule has 1 aliphatic heterocycles. The van der Waals surface area contributed by atoms with Crippen molar-refractivity contribution in [3.63, 3.8) is 0 Å². The maximum atomic E-state index is 13.1. The third-order valence-electron chi connectivity index (χ3n) is 5.83. The van der Waals surface area contributed by atoms with Gasteiger partial charge in [0.1, 0.15) is 6.61 Å². The third kappa shape index (κ3) is 4.31. The predicted molar refractivity (Wildman–Crippen MR) is 138 cm³/mol. The van der Waals surface area contributed by atoms with Gasteiger partial charge in [0.15, 0.2) is 11.5 Å². The number of hydrogen-bond acceptors (Lipinski definition) is 5. The molecule has 5 rings (SSSR count). The quantitative estimate of drug-likeness (QED) is 0.223. The monoisotopic (exact) mass is 528 g/mol. The zero-order valence-corrected chi connectivity index (χ0v) is 20.7. The van der Waals surface area contributed by atoms with E-state index in [-0.39, 0.29) is 0 Å². The van der Waals surface area contributed by atoms with Crippen LogP contribution < -0.4 is 9.47 Å². The van der Waals surface area contributed by atoms with Gasteiger partial charge in [0, 0.05) is 5.39 Å². The molecule has 0 fully saturated rings. The second-order valence-corrected chi connectivity index (χ2v) is 9.04. The highest BCUT2D eigenvalue weighted by Crippen LogP contribution is 2.37. The summed E-state index contributed by atoms with van der Waals surface area (Å²) in [6, 6.07) is 22.4. The third-order valence-corrected chi connectivity index (χ3v) is 6.42. The Morgan fingerprint density at radius 2 is 1.60 bits per heavy atom. The van der Waals surface area contributed by atoms with Crippen LogP contribution >= 0.6 is 15.9 Å². The van der Waals surface area contributed by atoms with Crippen LogP contribution in [-0.4, -0.2) is 30.1 Å². The van der Waals surface area contributed by atoms with Crippen LogP contribution in [0.5, 0.6) is 11.5 Å². The first-order valence-electron chi connectivity index (χ1n) is 11.0. The number of aryl methyl sites for hydroxylation is 1. The standard InChI is InChI=1S/C28H21BrN2O4/c1-17-9-11-18(12-10-17)16-35-26-23(29)13-19(14-24(26)34-2)15-30-31-27(32)21-7-3-5-20-6-4-8-22(25(20)21)28(31)33/h3-15H,16H2,1-2H3/b30-15-. The lowest BCUT2D eigenvalue weighted by Gasteiger charge is -2.23. The Morgan fingerprint density at radius 1 is 0.943 bits per heavy atom. The molecule has 2 amide bonds. The molecule has 1 aliphatic rings. The van der Waals surface area contributed by atoms with E-state index in [1.54, 1.807) is 43.5 Å². The van der Waals surface area contributed by atoms with Gasteiger partial charge in [-0.15, -0.1) is 0 Å². The summed E-state index contributed by atoms with van der Waals surface area (Å²) in [6.07, 6.45) is 1.46. The van der Waals surface area contributed by atoms with Gasteiger partial charge in [0.2, 0.25) is 0 Å². The van der Waals surface area contributed by atoms with Crippen LogP contribution in [0.25, 0.3) is 10.8 Å². The minimum atomic E-state index is -0.459. The van der Waals surface area contributed by atoms with Crippen molar-refractivity contribution >= 4 is 44.7 Å². The SMILES string of the molecule is COc1cc(/C=N\N2C(=O)c3cccc4cccc(c34)C2=O)cc(Br)c1OCc1ccc(C)cc1. The lowest BCUT2D eigenvalue weighted by atomic mass is 9.95. The van der Waals surface area contributed by atoms with Crippen molar-refractivity contribution in [1.29, 1.82) is 0 Å². The van der Waals surface area contributed by atoms with Gasteiger partial charge < -0.3 is 9.47 Å². The van der Waals surface area contributed by atoms with Gasteiger partial charge in [0.05, 0.1) is 28.9 Å². The fourth-order valence-corrected chi connectivity index (χ4v) is 4.62. The van der Waals surface area contributed by atoms with Gasteiger partial charge in [-0.25, -0.2) is 0 Å². The van der Waals surface area contributed by atoms with Crippen LogP contribution in [0.2, 0.25) is 0 Å². The van der Waals surface area contributed by atoms with E-state index in [4.69, 9.17) is 9.47 Å². The first-order chi connectivity index (χ1) is 17.0. The van der Waals surface area contributed by atoms with Crippen LogP contribution in [0.4, 0.5) is 0 Å². The second kappa shape index (κ2) is 9.35. The average molecular weight is 529 g/mol. The maximum absolute atomic E-state index is 13.1. The molecule has 0 atom stereocenters. The van der Waals surface area contributed by atoms with E-state index in [9.17, 15) is 9.59 Å². The molecular formula is C28H21BrN2O4. The van der Waals surface area contributed by atoms with Gasteiger partial charge in [-0.1, -0.05) is 54.1 Å². The molecule has 0 aliphatic carbocycles. The van der Waals surface area contributed by atoms with E-state index in [0.29, 0.717) is 44.7 Å². The molecule has 0 saturated heterocycles. The molecule has 0 aromatic heterocycles. The maximum Gasteiger partial charge on any atom is 0.282 e. The number of ether oxygens (including phenoxy) is 2. The van der Waals surface area contributed by atoms with Crippen molar-refractivity contribution in [2.24, 2.45) is 5.10 Å². The van der Waals surface area contributed by atoms with Crippen molar-refractivity contribution in [1.82, 2.24) is 5.01 Å². The molecule has 174 valence electrons. The van der Waals surface area contributed by atoms with Crippen LogP contribution in [0.3, 0.4) is 0 Å². The molecule has 4 aromatic rings. The van der Waals surface area contributed by atoms with Gasteiger partial charge in [0.25, 0.3) is 11.8 Å². The highest BCUT2D eigenvalue weighted by molar-refractivity contribution is 9.10. The zero-order valence-electron chi connectivity index (χ0n) is 19.1. The largest absolute Gasteiger partial charge is 0.493 e. The van der Waals surface area contributed by atoms with Crippen LogP contribution in [0, 0.1) is 6.92 Å². The summed E-state index contributed by atoms with van der Waals surface area (Å²) >= 11 is 3.54. The van der Waals surface area contributed by atoms with Crippen molar-refractivity contribution in [2.45, 2.75) is 13.5 Å². The fourth-order valence-electron chi connectivity index (χ4n) is 4.04. The van der Waals surface area contributed by atoms with E-state index < -0.39 is 11.8 Å². The molecule has 0 unspecified atom stereocenters. The average Bonchev–Trinajstić information content (AvgIpc) is 2.87. The number of amides is 2. The van der Waals surface area contributed by atoms with Crippen molar-refractivity contribution < 1.29 is 19.1 Å². The number of imide groups is 1. The number of nitrogens with zero attached hydrogens (tertiary/aromatic N) is 2.